The molecule has 2 heterocycles. The molecule has 0 spiro atoms. The quantitative estimate of drug-likeness (QED) is 0.603. The van der Waals surface area contributed by atoms with E-state index in [9.17, 15) is 14.9 Å². The molecule has 3 rings (SSSR count). The van der Waals surface area contributed by atoms with Crippen molar-refractivity contribution >= 4 is 17.5 Å². The highest BCUT2D eigenvalue weighted by atomic mass is 16.6. The van der Waals surface area contributed by atoms with Crippen molar-refractivity contribution in [3.63, 3.8) is 0 Å². The molecule has 0 radical (unpaired) electrons. The van der Waals surface area contributed by atoms with E-state index in [1.165, 1.54) is 6.07 Å². The lowest BCUT2D eigenvalue weighted by molar-refractivity contribution is -0.384. The summed E-state index contributed by atoms with van der Waals surface area (Å²) in [5.41, 5.74) is 1.07. The van der Waals surface area contributed by atoms with Crippen LogP contribution in [0.15, 0.2) is 42.5 Å². The Labute approximate surface area is 163 Å². The van der Waals surface area contributed by atoms with Crippen LogP contribution in [0, 0.1) is 10.1 Å². The number of nitro groups is 1. The van der Waals surface area contributed by atoms with Crippen LogP contribution < -0.4 is 4.90 Å². The lowest BCUT2D eigenvalue weighted by atomic mass is 10.1. The Kier molecular flexibility index (Phi) is 6.20. The predicted molar refractivity (Wildman–Crippen MR) is 106 cm³/mol. The van der Waals surface area contributed by atoms with Crippen LogP contribution in [0.2, 0.25) is 0 Å². The van der Waals surface area contributed by atoms with Gasteiger partial charge in [0.25, 0.3) is 5.69 Å². The number of aromatic nitrogens is 1. The van der Waals surface area contributed by atoms with Gasteiger partial charge in [0, 0.05) is 30.8 Å². The summed E-state index contributed by atoms with van der Waals surface area (Å²) >= 11 is 0. The molecule has 8 nitrogen and oxygen atoms in total. The first kappa shape index (κ1) is 19.8. The molecule has 1 atom stereocenters. The summed E-state index contributed by atoms with van der Waals surface area (Å²) in [6, 6.07) is 12.6. The van der Waals surface area contributed by atoms with Crippen LogP contribution in [0.1, 0.15) is 19.3 Å². The average molecular weight is 384 g/mol. The van der Waals surface area contributed by atoms with Crippen molar-refractivity contribution in [2.45, 2.75) is 25.3 Å². The van der Waals surface area contributed by atoms with Crippen molar-refractivity contribution in [1.29, 1.82) is 0 Å². The van der Waals surface area contributed by atoms with Gasteiger partial charge in [-0.15, -0.1) is 0 Å². The second kappa shape index (κ2) is 8.79. The number of likely N-dealkylation sites (N-methyl/N-ethyl adjacent to an activating group) is 1. The standard InChI is InChI=1S/C20H24N4O4/c1-22(14-19(25)26)16-8-5-12-23(13-11-16)18-10-9-17(24(27)28)20(21-18)15-6-3-2-4-7-15/h2-4,6-7,9-10,16H,5,8,11-14H2,1H3,(H,25,26). The molecule has 0 aliphatic carbocycles. The van der Waals surface area contributed by atoms with Gasteiger partial charge in [-0.2, -0.15) is 0 Å². The van der Waals surface area contributed by atoms with E-state index >= 15 is 0 Å². The Morgan fingerprint density at radius 1 is 1.25 bits per heavy atom. The number of carbonyl (C=O) groups is 1. The van der Waals surface area contributed by atoms with Crippen molar-refractivity contribution in [3.05, 3.63) is 52.6 Å². The maximum Gasteiger partial charge on any atom is 0.317 e. The minimum atomic E-state index is -0.826. The average Bonchev–Trinajstić information content (AvgIpc) is 2.94. The zero-order chi connectivity index (χ0) is 20.1. The van der Waals surface area contributed by atoms with Crippen molar-refractivity contribution in [2.75, 3.05) is 31.6 Å². The minimum absolute atomic E-state index is 0.0103. The third kappa shape index (κ3) is 4.64. The highest BCUT2D eigenvalue weighted by Crippen LogP contribution is 2.31. The second-order valence-corrected chi connectivity index (χ2v) is 7.04. The van der Waals surface area contributed by atoms with Gasteiger partial charge in [-0.3, -0.25) is 19.8 Å². The molecular formula is C20H24N4O4. The molecular weight excluding hydrogens is 360 g/mol. The lowest BCUT2D eigenvalue weighted by Crippen LogP contribution is -2.36. The summed E-state index contributed by atoms with van der Waals surface area (Å²) < 4.78 is 0. The Morgan fingerprint density at radius 2 is 2.00 bits per heavy atom. The van der Waals surface area contributed by atoms with Gasteiger partial charge in [-0.05, 0) is 32.4 Å². The molecule has 1 aromatic carbocycles. The number of pyridine rings is 1. The van der Waals surface area contributed by atoms with E-state index in [0.717, 1.165) is 32.4 Å². The van der Waals surface area contributed by atoms with Gasteiger partial charge in [0.1, 0.15) is 5.82 Å². The highest BCUT2D eigenvalue weighted by molar-refractivity contribution is 5.71. The third-order valence-electron chi connectivity index (χ3n) is 5.13. The van der Waals surface area contributed by atoms with Gasteiger partial charge in [-0.25, -0.2) is 4.98 Å². The number of nitrogens with zero attached hydrogens (tertiary/aromatic N) is 4. The number of carboxylic acid groups (broad SMARTS) is 1. The van der Waals surface area contributed by atoms with Crippen LogP contribution in [-0.4, -0.2) is 58.6 Å². The molecule has 28 heavy (non-hydrogen) atoms. The Hall–Kier alpha value is -3.00. The molecule has 0 amide bonds. The number of anilines is 1. The summed E-state index contributed by atoms with van der Waals surface area (Å²) in [5, 5.41) is 20.4. The van der Waals surface area contributed by atoms with Crippen molar-refractivity contribution in [3.8, 4) is 11.3 Å². The van der Waals surface area contributed by atoms with E-state index in [2.05, 4.69) is 9.88 Å². The smallest absolute Gasteiger partial charge is 0.317 e. The van der Waals surface area contributed by atoms with Gasteiger partial charge in [0.2, 0.25) is 0 Å². The maximum absolute atomic E-state index is 11.4. The molecule has 148 valence electrons. The molecule has 0 saturated carbocycles. The largest absolute Gasteiger partial charge is 0.480 e. The van der Waals surface area contributed by atoms with Crippen molar-refractivity contribution < 1.29 is 14.8 Å². The normalized spacial score (nSPS) is 17.4. The number of rotatable bonds is 6. The Balaban J connectivity index is 1.82. The van der Waals surface area contributed by atoms with Crippen LogP contribution in [0.4, 0.5) is 11.5 Å². The molecule has 0 bridgehead atoms. The lowest BCUT2D eigenvalue weighted by Gasteiger charge is -2.26. The van der Waals surface area contributed by atoms with E-state index in [0.29, 0.717) is 17.1 Å². The van der Waals surface area contributed by atoms with E-state index in [4.69, 9.17) is 5.11 Å². The molecule has 1 aliphatic rings. The first-order valence-corrected chi connectivity index (χ1v) is 9.33. The zero-order valence-electron chi connectivity index (χ0n) is 15.8. The number of hydrogen-bond donors (Lipinski definition) is 1. The van der Waals surface area contributed by atoms with E-state index in [-0.39, 0.29) is 18.3 Å². The number of benzene rings is 1. The Bertz CT molecular complexity index is 843. The number of aliphatic carboxylic acids is 1. The zero-order valence-corrected chi connectivity index (χ0v) is 15.8. The van der Waals surface area contributed by atoms with Gasteiger partial charge >= 0.3 is 5.97 Å². The molecule has 1 N–H and O–H groups in total. The Morgan fingerprint density at radius 3 is 2.68 bits per heavy atom. The fourth-order valence-corrected chi connectivity index (χ4v) is 3.66. The molecule has 1 aliphatic heterocycles. The summed E-state index contributed by atoms with van der Waals surface area (Å²) in [5.74, 6) is -0.112. The van der Waals surface area contributed by atoms with Crippen molar-refractivity contribution in [1.82, 2.24) is 9.88 Å². The third-order valence-corrected chi connectivity index (χ3v) is 5.13. The SMILES string of the molecule is CN(CC(=O)O)C1CCCN(c2ccc([N+](=O)[O-])c(-c3ccccc3)n2)CC1. The first-order chi connectivity index (χ1) is 13.5. The van der Waals surface area contributed by atoms with Gasteiger partial charge in [-0.1, -0.05) is 30.3 Å². The first-order valence-electron chi connectivity index (χ1n) is 9.33. The van der Waals surface area contributed by atoms with E-state index in [1.807, 2.05) is 42.3 Å². The van der Waals surface area contributed by atoms with Crippen LogP contribution >= 0.6 is 0 Å². The molecule has 1 fully saturated rings. The summed E-state index contributed by atoms with van der Waals surface area (Å²) in [6.07, 6.45) is 2.65. The molecule has 2 aromatic rings. The summed E-state index contributed by atoms with van der Waals surface area (Å²) in [7, 11) is 1.84. The predicted octanol–water partition coefficient (Wildman–Crippen LogP) is 3.03. The van der Waals surface area contributed by atoms with Crippen molar-refractivity contribution in [2.24, 2.45) is 0 Å². The van der Waals surface area contributed by atoms with Crippen LogP contribution in [-0.2, 0) is 4.79 Å². The monoisotopic (exact) mass is 384 g/mol. The molecule has 8 heteroatoms. The summed E-state index contributed by atoms with van der Waals surface area (Å²) in [4.78, 5) is 30.6. The van der Waals surface area contributed by atoms with Crippen LogP contribution in [0.3, 0.4) is 0 Å². The topological polar surface area (TPSA) is 99.8 Å². The second-order valence-electron chi connectivity index (χ2n) is 7.04. The van der Waals surface area contributed by atoms with Gasteiger partial charge in [0.15, 0.2) is 5.69 Å². The minimum Gasteiger partial charge on any atom is -0.480 e. The fraction of sp³-hybridized carbons (Fsp3) is 0.400. The van der Waals surface area contributed by atoms with Gasteiger partial charge < -0.3 is 10.0 Å². The van der Waals surface area contributed by atoms with Crippen LogP contribution in [0.25, 0.3) is 11.3 Å². The highest BCUT2D eigenvalue weighted by Gasteiger charge is 2.24. The van der Waals surface area contributed by atoms with E-state index in [1.54, 1.807) is 6.07 Å². The summed E-state index contributed by atoms with van der Waals surface area (Å²) in [6.45, 7) is 1.54. The van der Waals surface area contributed by atoms with E-state index < -0.39 is 10.9 Å². The molecule has 1 aromatic heterocycles. The number of hydrogen-bond acceptors (Lipinski definition) is 6. The maximum atomic E-state index is 11.4. The molecule has 1 saturated heterocycles. The van der Waals surface area contributed by atoms with Gasteiger partial charge in [0.05, 0.1) is 11.5 Å². The van der Waals surface area contributed by atoms with Crippen LogP contribution in [0.5, 0.6) is 0 Å². The fourth-order valence-electron chi connectivity index (χ4n) is 3.66. The number of carboxylic acids is 1. The molecule has 1 unspecified atom stereocenters.